The fourth-order valence-corrected chi connectivity index (χ4v) is 1.51. The fourth-order valence-electron chi connectivity index (χ4n) is 1.14. The van der Waals surface area contributed by atoms with E-state index in [1.54, 1.807) is 12.1 Å². The van der Waals surface area contributed by atoms with Gasteiger partial charge in [0.15, 0.2) is 5.78 Å². The number of carbonyl (C=O) groups excluding carboxylic acids is 1. The largest absolute Gasteiger partial charge is 0.294 e. The Hall–Kier alpha value is -0.700. The smallest absolute Gasteiger partial charge is 0.168 e. The van der Waals surface area contributed by atoms with Crippen LogP contribution in [0.2, 0.25) is 0 Å². The topological polar surface area (TPSA) is 17.1 Å². The molecule has 1 nitrogen and oxygen atoms in total. The first kappa shape index (κ1) is 11.4. The first-order chi connectivity index (χ1) is 6.57. The van der Waals surface area contributed by atoms with Crippen molar-refractivity contribution in [1.29, 1.82) is 0 Å². The predicted octanol–water partition coefficient (Wildman–Crippen LogP) is 3.82. The van der Waals surface area contributed by atoms with E-state index in [1.807, 2.05) is 13.8 Å². The molecule has 0 bridgehead atoms. The summed E-state index contributed by atoms with van der Waals surface area (Å²) in [6, 6.07) is 4.78. The molecule has 76 valence electrons. The first-order valence-corrected chi connectivity index (χ1v) is 5.35. The molecule has 0 aromatic heterocycles. The summed E-state index contributed by atoms with van der Waals surface area (Å²) in [7, 11) is 0. The van der Waals surface area contributed by atoms with Gasteiger partial charge in [-0.2, -0.15) is 0 Å². The quantitative estimate of drug-likeness (QED) is 0.754. The highest BCUT2D eigenvalue weighted by Crippen LogP contribution is 2.21. The van der Waals surface area contributed by atoms with Crippen LogP contribution >= 0.6 is 15.9 Å². The van der Waals surface area contributed by atoms with Gasteiger partial charge >= 0.3 is 0 Å². The van der Waals surface area contributed by atoms with Crippen LogP contribution in [0.25, 0.3) is 0 Å². The third-order valence-corrected chi connectivity index (χ3v) is 2.89. The summed E-state index contributed by atoms with van der Waals surface area (Å²) in [5, 5.41) is 0. The molecule has 0 saturated heterocycles. The molecule has 3 heteroatoms. The zero-order chi connectivity index (χ0) is 10.7. The number of ketones is 1. The minimum atomic E-state index is -0.460. The average molecular weight is 259 g/mol. The third kappa shape index (κ3) is 2.21. The van der Waals surface area contributed by atoms with Crippen LogP contribution in [-0.4, -0.2) is 5.78 Å². The van der Waals surface area contributed by atoms with Gasteiger partial charge < -0.3 is 0 Å². The summed E-state index contributed by atoms with van der Waals surface area (Å²) in [4.78, 5) is 11.7. The number of halogens is 2. The van der Waals surface area contributed by atoms with Crippen LogP contribution in [0.5, 0.6) is 0 Å². The van der Waals surface area contributed by atoms with Crippen molar-refractivity contribution in [3.63, 3.8) is 0 Å². The lowest BCUT2D eigenvalue weighted by molar-refractivity contribution is 0.0923. The van der Waals surface area contributed by atoms with Crippen molar-refractivity contribution < 1.29 is 9.18 Å². The summed E-state index contributed by atoms with van der Waals surface area (Å²) in [5.74, 6) is -0.720. The van der Waals surface area contributed by atoms with Gasteiger partial charge in [0.1, 0.15) is 5.82 Å². The second-order valence-electron chi connectivity index (χ2n) is 3.27. The standard InChI is InChI=1S/C11H12BrFO/c1-3-7(2)11(14)8-5-4-6-9(12)10(8)13/h4-7H,3H2,1-2H3. The minimum Gasteiger partial charge on any atom is -0.294 e. The number of Topliss-reactive ketones (excluding diaryl/α,β-unsaturated/α-hetero) is 1. The van der Waals surface area contributed by atoms with Gasteiger partial charge in [0, 0.05) is 5.92 Å². The van der Waals surface area contributed by atoms with Crippen LogP contribution in [0.3, 0.4) is 0 Å². The Bertz CT molecular complexity index is 349. The Morgan fingerprint density at radius 3 is 2.79 bits per heavy atom. The highest BCUT2D eigenvalue weighted by Gasteiger charge is 2.18. The van der Waals surface area contributed by atoms with Crippen molar-refractivity contribution in [2.24, 2.45) is 5.92 Å². The van der Waals surface area contributed by atoms with Crippen LogP contribution in [0.15, 0.2) is 22.7 Å². The van der Waals surface area contributed by atoms with Crippen molar-refractivity contribution in [3.05, 3.63) is 34.1 Å². The van der Waals surface area contributed by atoms with E-state index in [4.69, 9.17) is 0 Å². The monoisotopic (exact) mass is 258 g/mol. The van der Waals surface area contributed by atoms with E-state index in [-0.39, 0.29) is 17.3 Å². The van der Waals surface area contributed by atoms with Crippen molar-refractivity contribution in [1.82, 2.24) is 0 Å². The number of hydrogen-bond donors (Lipinski definition) is 0. The molecule has 0 amide bonds. The number of carbonyl (C=O) groups is 1. The summed E-state index contributed by atoms with van der Waals surface area (Å²) in [5.41, 5.74) is 0.175. The van der Waals surface area contributed by atoms with Crippen molar-refractivity contribution in [2.75, 3.05) is 0 Å². The molecule has 0 heterocycles. The molecule has 0 saturated carbocycles. The van der Waals surface area contributed by atoms with E-state index in [0.717, 1.165) is 6.42 Å². The van der Waals surface area contributed by atoms with E-state index in [0.29, 0.717) is 4.47 Å². The van der Waals surface area contributed by atoms with Gasteiger partial charge in [-0.05, 0) is 34.5 Å². The van der Waals surface area contributed by atoms with E-state index >= 15 is 0 Å². The summed E-state index contributed by atoms with van der Waals surface area (Å²) in [6.45, 7) is 3.72. The number of benzene rings is 1. The summed E-state index contributed by atoms with van der Waals surface area (Å²) in [6.07, 6.45) is 0.727. The molecule has 14 heavy (non-hydrogen) atoms. The highest BCUT2D eigenvalue weighted by molar-refractivity contribution is 9.10. The molecule has 0 radical (unpaired) electrons. The van der Waals surface area contributed by atoms with Crippen LogP contribution in [-0.2, 0) is 0 Å². The third-order valence-electron chi connectivity index (χ3n) is 2.28. The van der Waals surface area contributed by atoms with Crippen molar-refractivity contribution >= 4 is 21.7 Å². The Morgan fingerprint density at radius 2 is 2.21 bits per heavy atom. The molecule has 0 aliphatic carbocycles. The average Bonchev–Trinajstić information content (AvgIpc) is 2.20. The second-order valence-corrected chi connectivity index (χ2v) is 4.13. The van der Waals surface area contributed by atoms with Gasteiger partial charge in [0.05, 0.1) is 10.0 Å². The Morgan fingerprint density at radius 1 is 1.57 bits per heavy atom. The molecule has 0 aliphatic rings. The van der Waals surface area contributed by atoms with E-state index < -0.39 is 5.82 Å². The SMILES string of the molecule is CCC(C)C(=O)c1cccc(Br)c1F. The number of hydrogen-bond acceptors (Lipinski definition) is 1. The fraction of sp³-hybridized carbons (Fsp3) is 0.364. The van der Waals surface area contributed by atoms with Gasteiger partial charge in [-0.3, -0.25) is 4.79 Å². The van der Waals surface area contributed by atoms with Crippen molar-refractivity contribution in [2.45, 2.75) is 20.3 Å². The molecule has 1 aromatic rings. The maximum atomic E-state index is 13.5. The molecular formula is C11H12BrFO. The van der Waals surface area contributed by atoms with E-state index in [2.05, 4.69) is 15.9 Å². The Labute approximate surface area is 91.5 Å². The second kappa shape index (κ2) is 4.69. The molecule has 1 aromatic carbocycles. The van der Waals surface area contributed by atoms with Gasteiger partial charge in [-0.1, -0.05) is 19.9 Å². The van der Waals surface area contributed by atoms with Crippen LogP contribution in [0.4, 0.5) is 4.39 Å². The van der Waals surface area contributed by atoms with Gasteiger partial charge in [0.2, 0.25) is 0 Å². The summed E-state index contributed by atoms with van der Waals surface area (Å²) >= 11 is 3.06. The lowest BCUT2D eigenvalue weighted by Gasteiger charge is -2.08. The van der Waals surface area contributed by atoms with Crippen LogP contribution in [0.1, 0.15) is 30.6 Å². The highest BCUT2D eigenvalue weighted by atomic mass is 79.9. The van der Waals surface area contributed by atoms with Gasteiger partial charge in [0.25, 0.3) is 0 Å². The Kier molecular flexibility index (Phi) is 3.81. The van der Waals surface area contributed by atoms with Gasteiger partial charge in [-0.25, -0.2) is 4.39 Å². The maximum Gasteiger partial charge on any atom is 0.168 e. The van der Waals surface area contributed by atoms with Gasteiger partial charge in [-0.15, -0.1) is 0 Å². The molecule has 0 aliphatic heterocycles. The Balaban J connectivity index is 3.07. The molecule has 0 N–H and O–H groups in total. The normalized spacial score (nSPS) is 12.6. The zero-order valence-corrected chi connectivity index (χ0v) is 9.77. The molecule has 1 unspecified atom stereocenters. The molecule has 0 spiro atoms. The molecular weight excluding hydrogens is 247 g/mol. The van der Waals surface area contributed by atoms with E-state index in [1.165, 1.54) is 6.07 Å². The zero-order valence-electron chi connectivity index (χ0n) is 8.18. The summed E-state index contributed by atoms with van der Waals surface area (Å²) < 4.78 is 13.8. The minimum absolute atomic E-state index is 0.126. The van der Waals surface area contributed by atoms with Crippen LogP contribution in [0, 0.1) is 11.7 Å². The number of rotatable bonds is 3. The molecule has 0 fully saturated rings. The van der Waals surface area contributed by atoms with E-state index in [9.17, 15) is 9.18 Å². The van der Waals surface area contributed by atoms with Crippen molar-refractivity contribution in [3.8, 4) is 0 Å². The molecule has 1 atom stereocenters. The first-order valence-electron chi connectivity index (χ1n) is 4.56. The molecule has 1 rings (SSSR count). The van der Waals surface area contributed by atoms with Crippen LogP contribution < -0.4 is 0 Å². The lowest BCUT2D eigenvalue weighted by Crippen LogP contribution is -2.12. The lowest BCUT2D eigenvalue weighted by atomic mass is 9.97. The predicted molar refractivity (Wildman–Crippen MR) is 57.9 cm³/mol. The maximum absolute atomic E-state index is 13.5.